The normalized spacial score (nSPS) is 15.1. The van der Waals surface area contributed by atoms with Crippen LogP contribution in [0, 0.1) is 5.82 Å². The summed E-state index contributed by atoms with van der Waals surface area (Å²) in [6.45, 7) is 4.44. The van der Waals surface area contributed by atoms with Gasteiger partial charge >= 0.3 is 0 Å². The van der Waals surface area contributed by atoms with E-state index in [2.05, 4.69) is 20.3 Å². The van der Waals surface area contributed by atoms with E-state index < -0.39 is 6.10 Å². The molecule has 0 saturated carbocycles. The summed E-state index contributed by atoms with van der Waals surface area (Å²) < 4.78 is 22.2. The Kier molecular flexibility index (Phi) is 4.85. The first-order valence-electron chi connectivity index (χ1n) is 10.2. The van der Waals surface area contributed by atoms with Crippen LogP contribution in [-0.2, 0) is 20.0 Å². The summed E-state index contributed by atoms with van der Waals surface area (Å²) in [5, 5.41) is 14.0. The van der Waals surface area contributed by atoms with Crippen molar-refractivity contribution in [1.29, 1.82) is 0 Å². The van der Waals surface area contributed by atoms with E-state index in [1.807, 2.05) is 24.6 Å². The fourth-order valence-electron chi connectivity index (χ4n) is 4.14. The zero-order valence-corrected chi connectivity index (χ0v) is 18.6. The van der Waals surface area contributed by atoms with Crippen LogP contribution in [0.15, 0.2) is 30.5 Å². The molecule has 3 aromatic heterocycles. The van der Waals surface area contributed by atoms with E-state index in [1.165, 1.54) is 16.9 Å². The average Bonchev–Trinajstić information content (AvgIpc) is 3.28. The largest absolute Gasteiger partial charge is 0.482 e. The Morgan fingerprint density at radius 1 is 1.25 bits per heavy atom. The fraction of sp³-hybridized carbons (Fsp3) is 0.273. The van der Waals surface area contributed by atoms with Gasteiger partial charge in [-0.25, -0.2) is 9.37 Å². The van der Waals surface area contributed by atoms with Crippen LogP contribution in [0.4, 0.5) is 10.2 Å². The van der Waals surface area contributed by atoms with Crippen LogP contribution in [0.3, 0.4) is 0 Å². The molecule has 0 aliphatic carbocycles. The molecule has 1 aliphatic heterocycles. The maximum atomic E-state index is 14.2. The van der Waals surface area contributed by atoms with Crippen LogP contribution in [0.2, 0.25) is 5.15 Å². The zero-order valence-electron chi connectivity index (χ0n) is 17.8. The van der Waals surface area contributed by atoms with Gasteiger partial charge in [-0.05, 0) is 38.1 Å². The SMILES string of the molecule is CCn1nc(Cl)c2c1-c1cnc(N)c(c1)O[C@H](C)c1cc(F)ccc1-c1nn(C)nc1C2. The number of benzene rings is 1. The van der Waals surface area contributed by atoms with Gasteiger partial charge in [-0.15, -0.1) is 0 Å². The van der Waals surface area contributed by atoms with Gasteiger partial charge < -0.3 is 10.5 Å². The molecule has 2 N–H and O–H groups in total. The Hall–Kier alpha value is -3.46. The van der Waals surface area contributed by atoms with E-state index in [0.717, 1.165) is 22.4 Å². The minimum atomic E-state index is -0.520. The first-order valence-corrected chi connectivity index (χ1v) is 10.6. The monoisotopic (exact) mass is 453 g/mol. The molecule has 4 heterocycles. The van der Waals surface area contributed by atoms with E-state index in [1.54, 1.807) is 19.3 Å². The Morgan fingerprint density at radius 2 is 2.06 bits per heavy atom. The average molecular weight is 454 g/mol. The highest BCUT2D eigenvalue weighted by molar-refractivity contribution is 6.30. The van der Waals surface area contributed by atoms with Crippen molar-refractivity contribution in [2.24, 2.45) is 7.05 Å². The highest BCUT2D eigenvalue weighted by atomic mass is 35.5. The van der Waals surface area contributed by atoms with Crippen LogP contribution >= 0.6 is 11.6 Å². The predicted octanol–water partition coefficient (Wildman–Crippen LogP) is 4.18. The summed E-state index contributed by atoms with van der Waals surface area (Å²) in [7, 11) is 1.75. The number of fused-ring (bicyclic) bond motifs is 7. The lowest BCUT2D eigenvalue weighted by molar-refractivity contribution is 0.227. The Labute approximate surface area is 188 Å². The summed E-state index contributed by atoms with van der Waals surface area (Å²) in [6, 6.07) is 6.37. The molecule has 0 saturated heterocycles. The minimum Gasteiger partial charge on any atom is -0.482 e. The number of halogens is 2. The second kappa shape index (κ2) is 7.59. The van der Waals surface area contributed by atoms with Gasteiger partial charge in [-0.1, -0.05) is 11.6 Å². The van der Waals surface area contributed by atoms with Gasteiger partial charge in [-0.3, -0.25) is 4.68 Å². The first kappa shape index (κ1) is 20.4. The summed E-state index contributed by atoms with van der Waals surface area (Å²) in [6.07, 6.45) is 1.55. The highest BCUT2D eigenvalue weighted by Gasteiger charge is 2.26. The molecule has 1 aliphatic rings. The number of rotatable bonds is 1. The highest BCUT2D eigenvalue weighted by Crippen LogP contribution is 2.39. The van der Waals surface area contributed by atoms with E-state index in [4.69, 9.17) is 22.1 Å². The minimum absolute atomic E-state index is 0.242. The van der Waals surface area contributed by atoms with Crippen molar-refractivity contribution < 1.29 is 9.13 Å². The van der Waals surface area contributed by atoms with E-state index in [9.17, 15) is 4.39 Å². The molecule has 8 nitrogen and oxygen atoms in total. The third-order valence-electron chi connectivity index (χ3n) is 5.59. The van der Waals surface area contributed by atoms with Gasteiger partial charge in [0.05, 0.1) is 11.4 Å². The van der Waals surface area contributed by atoms with E-state index >= 15 is 0 Å². The number of hydrogen-bond acceptors (Lipinski definition) is 6. The number of aromatic nitrogens is 6. The van der Waals surface area contributed by atoms with Gasteiger partial charge in [0.15, 0.2) is 16.7 Å². The van der Waals surface area contributed by atoms with Gasteiger partial charge in [-0.2, -0.15) is 20.1 Å². The molecule has 0 fully saturated rings. The number of ether oxygens (including phenoxy) is 1. The second-order valence-electron chi connectivity index (χ2n) is 7.69. The van der Waals surface area contributed by atoms with E-state index in [-0.39, 0.29) is 11.6 Å². The van der Waals surface area contributed by atoms with Crippen LogP contribution < -0.4 is 10.5 Å². The summed E-state index contributed by atoms with van der Waals surface area (Å²) in [4.78, 5) is 5.83. The fourth-order valence-corrected chi connectivity index (χ4v) is 4.39. The molecule has 1 aromatic carbocycles. The van der Waals surface area contributed by atoms with Crippen molar-refractivity contribution in [3.8, 4) is 28.3 Å². The maximum absolute atomic E-state index is 14.2. The number of pyridine rings is 1. The third kappa shape index (κ3) is 3.29. The first-order chi connectivity index (χ1) is 15.4. The summed E-state index contributed by atoms with van der Waals surface area (Å²) >= 11 is 6.58. The van der Waals surface area contributed by atoms with Crippen LogP contribution in [0.1, 0.15) is 36.8 Å². The van der Waals surface area contributed by atoms with Gasteiger partial charge in [0.1, 0.15) is 17.6 Å². The van der Waals surface area contributed by atoms with Gasteiger partial charge in [0, 0.05) is 48.5 Å². The number of anilines is 1. The molecule has 4 aromatic rings. The standard InChI is InChI=1S/C22H21ClFN7O/c1-4-31-20-12-7-18(22(25)26-10-12)32-11(2)15-8-13(24)5-6-14(15)19-17(27-30(3)28-19)9-16(20)21(23)29-31/h5-8,10-11H,4,9H2,1-3H3,(H2,25,26)/t11-/m1/s1. The van der Waals surface area contributed by atoms with Crippen molar-refractivity contribution in [2.45, 2.75) is 32.9 Å². The van der Waals surface area contributed by atoms with Crippen LogP contribution in [-0.4, -0.2) is 29.8 Å². The molecule has 164 valence electrons. The Morgan fingerprint density at radius 3 is 2.84 bits per heavy atom. The molecular formula is C22H21ClFN7O. The molecule has 0 amide bonds. The topological polar surface area (TPSA) is 96.7 Å². The number of nitrogens with two attached hydrogens (primary N) is 1. The molecule has 0 spiro atoms. The van der Waals surface area contributed by atoms with Gasteiger partial charge in [0.2, 0.25) is 0 Å². The van der Waals surface area contributed by atoms with Crippen molar-refractivity contribution in [3.05, 3.63) is 58.3 Å². The number of hydrogen-bond donors (Lipinski definition) is 1. The molecular weight excluding hydrogens is 433 g/mol. The Balaban J connectivity index is 1.84. The lowest BCUT2D eigenvalue weighted by Gasteiger charge is -2.20. The smallest absolute Gasteiger partial charge is 0.166 e. The lowest BCUT2D eigenvalue weighted by Crippen LogP contribution is -2.10. The molecule has 5 rings (SSSR count). The maximum Gasteiger partial charge on any atom is 0.166 e. The van der Waals surface area contributed by atoms with Crippen molar-refractivity contribution in [2.75, 3.05) is 5.73 Å². The molecule has 0 radical (unpaired) electrons. The van der Waals surface area contributed by atoms with Crippen molar-refractivity contribution in [1.82, 2.24) is 29.8 Å². The number of nitrogen functional groups attached to an aromatic ring is 1. The molecule has 10 heteroatoms. The second-order valence-corrected chi connectivity index (χ2v) is 8.05. The zero-order chi connectivity index (χ0) is 22.6. The van der Waals surface area contributed by atoms with Crippen LogP contribution in [0.25, 0.3) is 22.5 Å². The molecule has 1 atom stereocenters. The number of aryl methyl sites for hydroxylation is 2. The van der Waals surface area contributed by atoms with Crippen LogP contribution in [0.5, 0.6) is 5.75 Å². The summed E-state index contributed by atoms with van der Waals surface area (Å²) in [5.41, 5.74) is 11.2. The predicted molar refractivity (Wildman–Crippen MR) is 119 cm³/mol. The quantitative estimate of drug-likeness (QED) is 0.464. The van der Waals surface area contributed by atoms with E-state index in [0.29, 0.717) is 40.8 Å². The van der Waals surface area contributed by atoms with Crippen molar-refractivity contribution in [3.63, 3.8) is 0 Å². The van der Waals surface area contributed by atoms with Gasteiger partial charge in [0.25, 0.3) is 0 Å². The lowest BCUT2D eigenvalue weighted by atomic mass is 9.96. The molecule has 32 heavy (non-hydrogen) atoms. The molecule has 0 unspecified atom stereocenters. The molecule has 2 bridgehead atoms. The summed E-state index contributed by atoms with van der Waals surface area (Å²) in [5.74, 6) is 0.272. The Bertz CT molecular complexity index is 1350. The van der Waals surface area contributed by atoms with Crippen molar-refractivity contribution >= 4 is 17.4 Å². The third-order valence-corrected chi connectivity index (χ3v) is 5.90. The number of nitrogens with zero attached hydrogens (tertiary/aromatic N) is 6.